The van der Waals surface area contributed by atoms with E-state index in [1.807, 2.05) is 67.3 Å². The molecule has 2 atom stereocenters. The van der Waals surface area contributed by atoms with E-state index < -0.39 is 6.09 Å². The fourth-order valence-corrected chi connectivity index (χ4v) is 4.42. The minimum atomic E-state index is -0.484. The maximum absolute atomic E-state index is 12.7. The highest BCUT2D eigenvalue weighted by atomic mass is 16.7. The van der Waals surface area contributed by atoms with Crippen molar-refractivity contribution in [1.29, 1.82) is 0 Å². The molecule has 4 rings (SSSR count). The Morgan fingerprint density at radius 3 is 1.73 bits per heavy atom. The maximum Gasteiger partial charge on any atom is 0.412 e. The van der Waals surface area contributed by atoms with Crippen molar-refractivity contribution < 1.29 is 42.7 Å². The average molecular weight is 573 g/mol. The van der Waals surface area contributed by atoms with Crippen molar-refractivity contribution in [1.82, 2.24) is 9.80 Å². The van der Waals surface area contributed by atoms with Crippen LogP contribution in [-0.4, -0.2) is 101 Å². The van der Waals surface area contributed by atoms with E-state index in [4.69, 9.17) is 37.9 Å². The molecule has 41 heavy (non-hydrogen) atoms. The van der Waals surface area contributed by atoms with Gasteiger partial charge in [0.2, 0.25) is 6.79 Å². The lowest BCUT2D eigenvalue weighted by atomic mass is 10.3. The predicted molar refractivity (Wildman–Crippen MR) is 150 cm³/mol. The number of hydrogen-bond donors (Lipinski definition) is 0. The molecule has 2 heterocycles. The Labute approximate surface area is 241 Å². The minimum Gasteiger partial charge on any atom is -0.490 e. The first kappa shape index (κ1) is 30.1. The second-order valence-electron chi connectivity index (χ2n) is 9.33. The summed E-state index contributed by atoms with van der Waals surface area (Å²) in [6, 6.07) is 15.0. The Morgan fingerprint density at radius 1 is 0.756 bits per heavy atom. The molecule has 0 spiro atoms. The third-order valence-corrected chi connectivity index (χ3v) is 6.44. The van der Waals surface area contributed by atoms with Gasteiger partial charge in [0.15, 0.2) is 28.9 Å². The largest absolute Gasteiger partial charge is 0.490 e. The van der Waals surface area contributed by atoms with Crippen molar-refractivity contribution in [3.05, 3.63) is 61.0 Å². The molecule has 0 N–H and O–H groups in total. The predicted octanol–water partition coefficient (Wildman–Crippen LogP) is 3.93. The smallest absolute Gasteiger partial charge is 0.412 e. The number of carbonyl (C=O) groups excluding carboxylic acids is 1. The summed E-state index contributed by atoms with van der Waals surface area (Å²) in [5.41, 5.74) is 0. The summed E-state index contributed by atoms with van der Waals surface area (Å²) in [4.78, 5) is 16.2. The van der Waals surface area contributed by atoms with E-state index in [1.54, 1.807) is 4.90 Å². The van der Waals surface area contributed by atoms with Crippen LogP contribution in [0.5, 0.6) is 23.0 Å². The topological polar surface area (TPSA) is 97.4 Å². The fourth-order valence-electron chi connectivity index (χ4n) is 4.42. The van der Waals surface area contributed by atoms with Crippen LogP contribution in [0.15, 0.2) is 61.0 Å². The van der Waals surface area contributed by atoms with Gasteiger partial charge in [-0.1, -0.05) is 24.3 Å². The van der Waals surface area contributed by atoms with Crippen LogP contribution in [-0.2, 0) is 18.9 Å². The van der Waals surface area contributed by atoms with Crippen molar-refractivity contribution in [2.45, 2.75) is 26.1 Å². The lowest BCUT2D eigenvalue weighted by Crippen LogP contribution is -2.48. The molecule has 224 valence electrons. The van der Waals surface area contributed by atoms with Gasteiger partial charge in [-0.3, -0.25) is 0 Å². The Hall–Kier alpha value is -3.83. The van der Waals surface area contributed by atoms with E-state index in [0.29, 0.717) is 88.1 Å². The van der Waals surface area contributed by atoms with Gasteiger partial charge in [-0.2, -0.15) is 0 Å². The van der Waals surface area contributed by atoms with Crippen LogP contribution >= 0.6 is 0 Å². The number of benzene rings is 2. The van der Waals surface area contributed by atoms with E-state index in [-0.39, 0.29) is 25.6 Å². The molecule has 0 aliphatic carbocycles. The number of nitrogens with zero attached hydrogens (tertiary/aromatic N) is 2. The minimum absolute atomic E-state index is 0.186. The monoisotopic (exact) mass is 572 g/mol. The number of morpholine rings is 2. The van der Waals surface area contributed by atoms with Gasteiger partial charge in [-0.05, 0) is 44.7 Å². The van der Waals surface area contributed by atoms with Crippen molar-refractivity contribution in [3.8, 4) is 23.0 Å². The maximum atomic E-state index is 12.7. The highest BCUT2D eigenvalue weighted by molar-refractivity contribution is 5.67. The van der Waals surface area contributed by atoms with Crippen molar-refractivity contribution in [2.75, 3.05) is 72.6 Å². The molecule has 2 unspecified atom stereocenters. The van der Waals surface area contributed by atoms with Crippen LogP contribution in [0.25, 0.3) is 0 Å². The number of rotatable bonds is 14. The summed E-state index contributed by atoms with van der Waals surface area (Å²) >= 11 is 0. The molecule has 2 fully saturated rings. The molecule has 2 aromatic rings. The molecule has 0 saturated carbocycles. The highest BCUT2D eigenvalue weighted by Gasteiger charge is 2.27. The average Bonchev–Trinajstić information content (AvgIpc) is 3.00. The summed E-state index contributed by atoms with van der Waals surface area (Å²) in [6.45, 7) is 12.1. The number of amides is 1. The Bertz CT molecular complexity index is 1030. The molecule has 2 saturated heterocycles. The molecule has 11 nitrogen and oxygen atoms in total. The number of carbonyl (C=O) groups is 1. The third kappa shape index (κ3) is 9.09. The van der Waals surface area contributed by atoms with E-state index in [1.165, 1.54) is 0 Å². The van der Waals surface area contributed by atoms with Gasteiger partial charge in [0.25, 0.3) is 0 Å². The van der Waals surface area contributed by atoms with E-state index in [9.17, 15) is 4.79 Å². The number of ether oxygens (including phenoxy) is 8. The van der Waals surface area contributed by atoms with Gasteiger partial charge in [0.05, 0.1) is 39.5 Å². The summed E-state index contributed by atoms with van der Waals surface area (Å²) in [5, 5.41) is 0. The lowest BCUT2D eigenvalue weighted by molar-refractivity contribution is -0.0816. The van der Waals surface area contributed by atoms with Crippen molar-refractivity contribution >= 4 is 6.09 Å². The van der Waals surface area contributed by atoms with Gasteiger partial charge in [-0.15, -0.1) is 0 Å². The molecule has 2 aromatic carbocycles. The van der Waals surface area contributed by atoms with Crippen LogP contribution in [0.1, 0.15) is 13.8 Å². The standard InChI is InChI=1S/C30H40N2O9/c1-4-34-26-10-6-8-12-28(26)38-20-24-18-31(14-16-36-24)23(3)40-22-41-30(33)32-15-17-37-25(19-32)21-39-29-13-9-7-11-27(29)35-5-2/h6-13,24-25H,3-5,14-22H2,1-2H3. The summed E-state index contributed by atoms with van der Waals surface area (Å²) in [7, 11) is 0. The molecule has 11 heteroatoms. The molecule has 0 radical (unpaired) electrons. The lowest BCUT2D eigenvalue weighted by Gasteiger charge is -2.35. The Balaban J connectivity index is 1.16. The van der Waals surface area contributed by atoms with Gasteiger partial charge in [0, 0.05) is 13.1 Å². The first-order chi connectivity index (χ1) is 20.1. The van der Waals surface area contributed by atoms with E-state index in [2.05, 4.69) is 6.58 Å². The zero-order chi connectivity index (χ0) is 28.9. The summed E-state index contributed by atoms with van der Waals surface area (Å²) in [6.07, 6.45) is -0.966. The van der Waals surface area contributed by atoms with Gasteiger partial charge in [0.1, 0.15) is 25.4 Å². The zero-order valence-electron chi connectivity index (χ0n) is 23.8. The zero-order valence-corrected chi connectivity index (χ0v) is 23.8. The quantitative estimate of drug-likeness (QED) is 0.245. The Morgan fingerprint density at radius 2 is 1.22 bits per heavy atom. The summed E-state index contributed by atoms with van der Waals surface area (Å²) in [5.74, 6) is 3.08. The molecule has 2 aliphatic rings. The molecule has 1 amide bonds. The molecule has 0 aromatic heterocycles. The van der Waals surface area contributed by atoms with Gasteiger partial charge >= 0.3 is 6.09 Å². The SMILES string of the molecule is C=C(OCOC(=O)N1CCOC(COc2ccccc2OCC)C1)N1CCOC(COc2ccccc2OCC)C1. The highest BCUT2D eigenvalue weighted by Crippen LogP contribution is 2.28. The van der Waals surface area contributed by atoms with E-state index in [0.717, 1.165) is 0 Å². The third-order valence-electron chi connectivity index (χ3n) is 6.44. The van der Waals surface area contributed by atoms with Crippen molar-refractivity contribution in [3.63, 3.8) is 0 Å². The van der Waals surface area contributed by atoms with Crippen molar-refractivity contribution in [2.24, 2.45) is 0 Å². The molecular formula is C30H40N2O9. The normalized spacial score (nSPS) is 18.8. The molecule has 2 aliphatic heterocycles. The second kappa shape index (κ2) is 15.8. The summed E-state index contributed by atoms with van der Waals surface area (Å²) < 4.78 is 45.7. The van der Waals surface area contributed by atoms with Crippen LogP contribution in [0.4, 0.5) is 4.79 Å². The van der Waals surface area contributed by atoms with Crippen LogP contribution < -0.4 is 18.9 Å². The molecule has 0 bridgehead atoms. The first-order valence-corrected chi connectivity index (χ1v) is 14.0. The van der Waals surface area contributed by atoms with Gasteiger partial charge in [-0.25, -0.2) is 4.79 Å². The fraction of sp³-hybridized carbons (Fsp3) is 0.500. The number of para-hydroxylation sites is 4. The van der Waals surface area contributed by atoms with Crippen LogP contribution in [0, 0.1) is 0 Å². The molecular weight excluding hydrogens is 532 g/mol. The van der Waals surface area contributed by atoms with Crippen LogP contribution in [0.3, 0.4) is 0 Å². The Kier molecular flexibility index (Phi) is 11.6. The van der Waals surface area contributed by atoms with Gasteiger partial charge < -0.3 is 47.7 Å². The first-order valence-electron chi connectivity index (χ1n) is 14.0. The second-order valence-corrected chi connectivity index (χ2v) is 9.33. The number of hydrogen-bond acceptors (Lipinski definition) is 10. The van der Waals surface area contributed by atoms with E-state index >= 15 is 0 Å². The van der Waals surface area contributed by atoms with Crippen LogP contribution in [0.2, 0.25) is 0 Å².